The molecule has 0 unspecified atom stereocenters. The first-order chi connectivity index (χ1) is 5.83. The van der Waals surface area contributed by atoms with Gasteiger partial charge in [0.05, 0.1) is 0 Å². The van der Waals surface area contributed by atoms with Gasteiger partial charge >= 0.3 is 0 Å². The van der Waals surface area contributed by atoms with Crippen molar-refractivity contribution in [2.75, 3.05) is 31.3 Å². The second kappa shape index (κ2) is 4.89. The van der Waals surface area contributed by atoms with E-state index in [-0.39, 0.29) is 0 Å². The Hall–Kier alpha value is -0.880. The average Bonchev–Trinajstić information content (AvgIpc) is 2.45. The largest absolute Gasteiger partial charge is 0.385 e. The van der Waals surface area contributed by atoms with E-state index in [1.807, 2.05) is 0 Å². The normalized spacial score (nSPS) is 10.1. The van der Waals surface area contributed by atoms with Gasteiger partial charge in [-0.1, -0.05) is 0 Å². The zero-order chi connectivity index (χ0) is 8.81. The van der Waals surface area contributed by atoms with Crippen LogP contribution >= 0.6 is 11.5 Å². The number of nitrogens with two attached hydrogens (primary N) is 1. The van der Waals surface area contributed by atoms with E-state index in [9.17, 15) is 0 Å². The highest BCUT2D eigenvalue weighted by Crippen LogP contribution is 2.09. The second-order valence-electron chi connectivity index (χ2n) is 2.23. The summed E-state index contributed by atoms with van der Waals surface area (Å²) in [7, 11) is 1.68. The number of rotatable bonds is 5. The Kier molecular flexibility index (Phi) is 3.75. The van der Waals surface area contributed by atoms with Gasteiger partial charge in [0.1, 0.15) is 0 Å². The summed E-state index contributed by atoms with van der Waals surface area (Å²) < 4.78 is 8.85. The first-order valence-corrected chi connectivity index (χ1v) is 4.42. The van der Waals surface area contributed by atoms with Crippen molar-refractivity contribution in [2.24, 2.45) is 0 Å². The van der Waals surface area contributed by atoms with Crippen LogP contribution in [0.5, 0.6) is 0 Å². The molecule has 0 aromatic carbocycles. The van der Waals surface area contributed by atoms with Crippen molar-refractivity contribution in [1.82, 2.24) is 9.36 Å². The maximum Gasteiger partial charge on any atom is 0.236 e. The van der Waals surface area contributed by atoms with Crippen LogP contribution in [0.25, 0.3) is 0 Å². The average molecular weight is 188 g/mol. The van der Waals surface area contributed by atoms with Gasteiger partial charge in [-0.2, -0.15) is 9.36 Å². The van der Waals surface area contributed by atoms with Crippen molar-refractivity contribution in [2.45, 2.75) is 6.42 Å². The molecule has 0 atom stereocenters. The van der Waals surface area contributed by atoms with E-state index < -0.39 is 0 Å². The molecule has 0 spiro atoms. The van der Waals surface area contributed by atoms with Crippen molar-refractivity contribution in [1.29, 1.82) is 0 Å². The number of anilines is 2. The molecule has 0 aliphatic rings. The predicted octanol–water partition coefficient (Wildman–Crippen LogP) is 0.569. The Bertz CT molecular complexity index is 227. The Morgan fingerprint density at radius 3 is 3.08 bits per heavy atom. The first-order valence-electron chi connectivity index (χ1n) is 3.65. The Balaban J connectivity index is 2.15. The standard InChI is InChI=1S/C6H12N4OS/c1-11-4-2-3-8-6-9-5(7)12-10-6/h2-4H2,1H3,(H3,7,8,9,10). The Morgan fingerprint density at radius 1 is 1.67 bits per heavy atom. The number of ether oxygens (including phenoxy) is 1. The minimum Gasteiger partial charge on any atom is -0.385 e. The molecule has 68 valence electrons. The predicted molar refractivity (Wildman–Crippen MR) is 49.3 cm³/mol. The molecule has 0 radical (unpaired) electrons. The topological polar surface area (TPSA) is 73.1 Å². The van der Waals surface area contributed by atoms with Crippen LogP contribution in [0.2, 0.25) is 0 Å². The number of aromatic nitrogens is 2. The number of hydrogen-bond acceptors (Lipinski definition) is 6. The molecule has 1 aromatic heterocycles. The summed E-state index contributed by atoms with van der Waals surface area (Å²) in [5.74, 6) is 0.605. The van der Waals surface area contributed by atoms with Crippen molar-refractivity contribution >= 4 is 22.6 Å². The number of nitrogens with zero attached hydrogens (tertiary/aromatic N) is 2. The van der Waals surface area contributed by atoms with Crippen LogP contribution in [0.1, 0.15) is 6.42 Å². The maximum atomic E-state index is 5.39. The van der Waals surface area contributed by atoms with Gasteiger partial charge in [0, 0.05) is 31.8 Å². The molecule has 5 nitrogen and oxygen atoms in total. The maximum absolute atomic E-state index is 5.39. The summed E-state index contributed by atoms with van der Waals surface area (Å²) in [5.41, 5.74) is 5.39. The molecule has 0 amide bonds. The van der Waals surface area contributed by atoms with Gasteiger partial charge in [-0.05, 0) is 6.42 Å². The van der Waals surface area contributed by atoms with Crippen LogP contribution < -0.4 is 11.1 Å². The lowest BCUT2D eigenvalue weighted by Crippen LogP contribution is -2.05. The number of nitrogens with one attached hydrogen (secondary N) is 1. The fourth-order valence-electron chi connectivity index (χ4n) is 0.724. The molecule has 6 heteroatoms. The van der Waals surface area contributed by atoms with Gasteiger partial charge in [-0.15, -0.1) is 0 Å². The molecule has 0 fully saturated rings. The van der Waals surface area contributed by atoms with Gasteiger partial charge < -0.3 is 15.8 Å². The Morgan fingerprint density at radius 2 is 2.50 bits per heavy atom. The first kappa shape index (κ1) is 9.21. The third kappa shape index (κ3) is 3.02. The monoisotopic (exact) mass is 188 g/mol. The van der Waals surface area contributed by atoms with Crippen LogP contribution in [0.15, 0.2) is 0 Å². The molecule has 3 N–H and O–H groups in total. The lowest BCUT2D eigenvalue weighted by molar-refractivity contribution is 0.197. The molecule has 0 aliphatic heterocycles. The van der Waals surface area contributed by atoms with Gasteiger partial charge in [-0.3, -0.25) is 0 Å². The quantitative estimate of drug-likeness (QED) is 0.661. The lowest BCUT2D eigenvalue weighted by Gasteiger charge is -1.99. The molecule has 0 aliphatic carbocycles. The van der Waals surface area contributed by atoms with E-state index in [0.717, 1.165) is 19.6 Å². The molecule has 1 heterocycles. The van der Waals surface area contributed by atoms with Crippen molar-refractivity contribution < 1.29 is 4.74 Å². The van der Waals surface area contributed by atoms with Gasteiger partial charge in [0.2, 0.25) is 11.1 Å². The lowest BCUT2D eigenvalue weighted by atomic mass is 10.4. The summed E-state index contributed by atoms with van der Waals surface area (Å²) in [6, 6.07) is 0. The highest BCUT2D eigenvalue weighted by molar-refractivity contribution is 7.09. The van der Waals surface area contributed by atoms with E-state index in [1.165, 1.54) is 11.5 Å². The molecular weight excluding hydrogens is 176 g/mol. The molecule has 0 bridgehead atoms. The smallest absolute Gasteiger partial charge is 0.236 e. The fraction of sp³-hybridized carbons (Fsp3) is 0.667. The minimum absolute atomic E-state index is 0.490. The Labute approximate surface area is 75.1 Å². The minimum atomic E-state index is 0.490. The van der Waals surface area contributed by atoms with Gasteiger partial charge in [0.25, 0.3) is 0 Å². The van der Waals surface area contributed by atoms with Crippen LogP contribution in [0.4, 0.5) is 11.1 Å². The third-order valence-electron chi connectivity index (χ3n) is 1.25. The number of nitrogen functional groups attached to an aromatic ring is 1. The van der Waals surface area contributed by atoms with E-state index in [0.29, 0.717) is 11.1 Å². The molecule has 1 rings (SSSR count). The highest BCUT2D eigenvalue weighted by Gasteiger charge is 1.97. The zero-order valence-electron chi connectivity index (χ0n) is 6.91. The summed E-state index contributed by atoms with van der Waals surface area (Å²) in [5, 5.41) is 3.52. The number of hydrogen-bond donors (Lipinski definition) is 2. The van der Waals surface area contributed by atoms with Crippen LogP contribution in [-0.4, -0.2) is 29.6 Å². The second-order valence-corrected chi connectivity index (χ2v) is 3.01. The van der Waals surface area contributed by atoms with Crippen LogP contribution in [0, 0.1) is 0 Å². The molecule has 0 saturated heterocycles. The van der Waals surface area contributed by atoms with Crippen LogP contribution in [-0.2, 0) is 4.74 Å². The highest BCUT2D eigenvalue weighted by atomic mass is 32.1. The molecule has 12 heavy (non-hydrogen) atoms. The summed E-state index contributed by atoms with van der Waals surface area (Å²) in [4.78, 5) is 3.94. The number of methoxy groups -OCH3 is 1. The molecule has 1 aromatic rings. The SMILES string of the molecule is COCCCNc1nsc(N)n1. The van der Waals surface area contributed by atoms with E-state index in [4.69, 9.17) is 10.5 Å². The van der Waals surface area contributed by atoms with Gasteiger partial charge in [0.15, 0.2) is 0 Å². The zero-order valence-corrected chi connectivity index (χ0v) is 7.73. The summed E-state index contributed by atoms with van der Waals surface area (Å²) in [6.45, 7) is 1.55. The van der Waals surface area contributed by atoms with Crippen molar-refractivity contribution in [3.05, 3.63) is 0 Å². The van der Waals surface area contributed by atoms with E-state index >= 15 is 0 Å². The third-order valence-corrected chi connectivity index (χ3v) is 1.79. The van der Waals surface area contributed by atoms with Gasteiger partial charge in [-0.25, -0.2) is 0 Å². The fourth-order valence-corrected chi connectivity index (χ4v) is 1.14. The summed E-state index contributed by atoms with van der Waals surface area (Å²) >= 11 is 1.19. The summed E-state index contributed by atoms with van der Waals surface area (Å²) in [6.07, 6.45) is 0.940. The van der Waals surface area contributed by atoms with E-state index in [2.05, 4.69) is 14.7 Å². The van der Waals surface area contributed by atoms with E-state index in [1.54, 1.807) is 7.11 Å². The molecule has 0 saturated carbocycles. The van der Waals surface area contributed by atoms with Crippen LogP contribution in [0.3, 0.4) is 0 Å². The van der Waals surface area contributed by atoms with Crippen molar-refractivity contribution in [3.63, 3.8) is 0 Å². The van der Waals surface area contributed by atoms with Crippen molar-refractivity contribution in [3.8, 4) is 0 Å². The molecular formula is C6H12N4OS.